The third-order valence-corrected chi connectivity index (χ3v) is 4.28. The predicted octanol–water partition coefficient (Wildman–Crippen LogP) is 3.50. The Morgan fingerprint density at radius 3 is 2.64 bits per heavy atom. The number of fused-ring (bicyclic) bond motifs is 1. The van der Waals surface area contributed by atoms with Crippen molar-refractivity contribution in [2.24, 2.45) is 0 Å². The van der Waals surface area contributed by atoms with Gasteiger partial charge in [-0.25, -0.2) is 8.42 Å². The summed E-state index contributed by atoms with van der Waals surface area (Å²) in [5, 5.41) is 0.893. The van der Waals surface area contributed by atoms with Gasteiger partial charge in [-0.05, 0) is 17.7 Å². The first-order chi connectivity index (χ1) is 10.5. The zero-order valence-electron chi connectivity index (χ0n) is 11.3. The van der Waals surface area contributed by atoms with E-state index in [9.17, 15) is 8.42 Å². The summed E-state index contributed by atoms with van der Waals surface area (Å²) in [4.78, 5) is 7.08. The van der Waals surface area contributed by atoms with Crippen LogP contribution in [0.2, 0.25) is 5.02 Å². The van der Waals surface area contributed by atoms with Gasteiger partial charge < -0.3 is 4.42 Å². The van der Waals surface area contributed by atoms with E-state index in [1.807, 2.05) is 35.2 Å². The summed E-state index contributed by atoms with van der Waals surface area (Å²) < 4.78 is 29.5. The van der Waals surface area contributed by atoms with Crippen LogP contribution in [0.15, 0.2) is 64.1 Å². The monoisotopic (exact) mass is 337 g/mol. The van der Waals surface area contributed by atoms with Crippen molar-refractivity contribution in [1.29, 1.82) is 0 Å². The molecule has 0 amide bonds. The molecule has 3 rings (SSSR count). The van der Waals surface area contributed by atoms with E-state index < -0.39 is 10.0 Å². The number of halogens is 1. The Kier molecular flexibility index (Phi) is 4.17. The van der Waals surface area contributed by atoms with Gasteiger partial charge in [0, 0.05) is 22.5 Å². The van der Waals surface area contributed by atoms with Crippen LogP contribution >= 0.6 is 11.6 Å². The normalized spacial score (nSPS) is 11.9. The van der Waals surface area contributed by atoms with E-state index in [2.05, 4.69) is 0 Å². The van der Waals surface area contributed by atoms with E-state index in [1.54, 1.807) is 18.2 Å². The van der Waals surface area contributed by atoms with Crippen molar-refractivity contribution in [3.8, 4) is 0 Å². The molecule has 0 bridgehead atoms. The first-order valence-electron chi connectivity index (χ1n) is 6.41. The van der Waals surface area contributed by atoms with Crippen LogP contribution < -0.4 is 4.89 Å². The van der Waals surface area contributed by atoms with Crippen LogP contribution in [0.4, 0.5) is 0 Å². The third kappa shape index (κ3) is 3.31. The van der Waals surface area contributed by atoms with Crippen molar-refractivity contribution in [2.45, 2.75) is 11.7 Å². The number of benzene rings is 2. The molecule has 22 heavy (non-hydrogen) atoms. The molecule has 0 aliphatic carbocycles. The molecule has 0 fully saturated rings. The molecule has 1 aromatic heterocycles. The van der Waals surface area contributed by atoms with Crippen LogP contribution in [0, 0.1) is 0 Å². The lowest BCUT2D eigenvalue weighted by Gasteiger charge is -2.04. The highest BCUT2D eigenvalue weighted by Crippen LogP contribution is 2.25. The fourth-order valence-electron chi connectivity index (χ4n) is 1.92. The largest absolute Gasteiger partial charge is 0.443 e. The maximum Gasteiger partial charge on any atom is 0.295 e. The number of hydrogen-bond donors (Lipinski definition) is 1. The summed E-state index contributed by atoms with van der Waals surface area (Å²) >= 11 is 5.84. The molecule has 0 spiro atoms. The topological polar surface area (TPSA) is 68.5 Å². The Bertz CT molecular complexity index is 890. The van der Waals surface area contributed by atoms with Gasteiger partial charge in [-0.15, -0.1) is 0 Å². The van der Waals surface area contributed by atoms with Crippen molar-refractivity contribution >= 4 is 32.6 Å². The van der Waals surface area contributed by atoms with E-state index >= 15 is 0 Å². The molecule has 7 heteroatoms. The molecular formula is C15H12ClNO4S. The van der Waals surface area contributed by atoms with Gasteiger partial charge in [0.2, 0.25) is 5.09 Å². The van der Waals surface area contributed by atoms with E-state index in [1.165, 1.54) is 6.07 Å². The molecule has 2 aromatic carbocycles. The van der Waals surface area contributed by atoms with Crippen LogP contribution in [0.3, 0.4) is 0 Å². The van der Waals surface area contributed by atoms with Gasteiger partial charge in [0.15, 0.2) is 0 Å². The lowest BCUT2D eigenvalue weighted by Crippen LogP contribution is -2.23. The number of furan rings is 1. The minimum atomic E-state index is -3.89. The van der Waals surface area contributed by atoms with Crippen LogP contribution in [0.5, 0.6) is 0 Å². The van der Waals surface area contributed by atoms with Crippen LogP contribution in [-0.2, 0) is 21.5 Å². The molecule has 3 aromatic rings. The minimum Gasteiger partial charge on any atom is -0.443 e. The average molecular weight is 338 g/mol. The van der Waals surface area contributed by atoms with Crippen molar-refractivity contribution in [1.82, 2.24) is 4.89 Å². The zero-order valence-corrected chi connectivity index (χ0v) is 12.9. The molecule has 0 unspecified atom stereocenters. The second-order valence-corrected chi connectivity index (χ2v) is 6.62. The van der Waals surface area contributed by atoms with Crippen LogP contribution in [0.1, 0.15) is 5.56 Å². The maximum atomic E-state index is 12.1. The first kappa shape index (κ1) is 15.1. The molecule has 0 saturated heterocycles. The van der Waals surface area contributed by atoms with Gasteiger partial charge in [0.25, 0.3) is 10.0 Å². The minimum absolute atomic E-state index is 0.117. The zero-order chi connectivity index (χ0) is 15.6. The average Bonchev–Trinajstić information content (AvgIpc) is 2.92. The molecule has 1 N–H and O–H groups in total. The molecule has 0 radical (unpaired) electrons. The van der Waals surface area contributed by atoms with Crippen molar-refractivity contribution in [2.75, 3.05) is 0 Å². The molecule has 0 aliphatic heterocycles. The van der Waals surface area contributed by atoms with Crippen LogP contribution in [-0.4, -0.2) is 8.42 Å². The molecule has 0 aliphatic rings. The Morgan fingerprint density at radius 1 is 1.09 bits per heavy atom. The Labute approximate surface area is 132 Å². The fraction of sp³-hybridized carbons (Fsp3) is 0.0667. The molecular weight excluding hydrogens is 326 g/mol. The Hall–Kier alpha value is -1.86. The molecule has 0 saturated carbocycles. The number of hydrogen-bond acceptors (Lipinski definition) is 4. The van der Waals surface area contributed by atoms with E-state index in [0.717, 1.165) is 5.56 Å². The summed E-state index contributed by atoms with van der Waals surface area (Å²) in [6.45, 7) is 0.117. The molecule has 1 heterocycles. The quantitative estimate of drug-likeness (QED) is 0.723. The summed E-state index contributed by atoms with van der Waals surface area (Å²) in [5.41, 5.74) is 1.25. The number of sulfonamides is 1. The lowest BCUT2D eigenvalue weighted by molar-refractivity contribution is 0.0785. The summed E-state index contributed by atoms with van der Waals surface area (Å²) in [7, 11) is -3.89. The van der Waals surface area contributed by atoms with Gasteiger partial charge in [-0.3, -0.25) is 4.84 Å². The highest BCUT2D eigenvalue weighted by Gasteiger charge is 2.20. The smallest absolute Gasteiger partial charge is 0.295 e. The standard InChI is InChI=1S/C15H12ClNO4S/c16-13-7-6-12-8-15(21-14(12)9-13)22(18,19)17-20-10-11-4-2-1-3-5-11/h1-9,17H,10H2. The highest BCUT2D eigenvalue weighted by atomic mass is 35.5. The summed E-state index contributed by atoms with van der Waals surface area (Å²) in [6.07, 6.45) is 0. The van der Waals surface area contributed by atoms with Gasteiger partial charge in [0.1, 0.15) is 5.58 Å². The lowest BCUT2D eigenvalue weighted by atomic mass is 10.2. The molecule has 5 nitrogen and oxygen atoms in total. The fourth-order valence-corrected chi connectivity index (χ4v) is 2.86. The SMILES string of the molecule is O=S(=O)(NOCc1ccccc1)c1cc2ccc(Cl)cc2o1. The van der Waals surface area contributed by atoms with Gasteiger partial charge in [0.05, 0.1) is 6.61 Å². The molecule has 114 valence electrons. The van der Waals surface area contributed by atoms with Gasteiger partial charge >= 0.3 is 0 Å². The van der Waals surface area contributed by atoms with E-state index in [-0.39, 0.29) is 11.7 Å². The highest BCUT2D eigenvalue weighted by molar-refractivity contribution is 7.89. The summed E-state index contributed by atoms with van der Waals surface area (Å²) in [5.74, 6) is 0. The van der Waals surface area contributed by atoms with Crippen LogP contribution in [0.25, 0.3) is 11.0 Å². The van der Waals surface area contributed by atoms with Crippen molar-refractivity contribution in [3.63, 3.8) is 0 Å². The van der Waals surface area contributed by atoms with Gasteiger partial charge in [-0.1, -0.05) is 46.8 Å². The second kappa shape index (κ2) is 6.10. The Balaban J connectivity index is 1.74. The number of rotatable bonds is 5. The number of nitrogens with one attached hydrogen (secondary N) is 1. The maximum absolute atomic E-state index is 12.1. The van der Waals surface area contributed by atoms with Crippen molar-refractivity contribution < 1.29 is 17.7 Å². The second-order valence-electron chi connectivity index (χ2n) is 4.61. The summed E-state index contributed by atoms with van der Waals surface area (Å²) in [6, 6.07) is 15.5. The van der Waals surface area contributed by atoms with Gasteiger partial charge in [-0.2, -0.15) is 0 Å². The molecule has 0 atom stereocenters. The predicted molar refractivity (Wildman–Crippen MR) is 82.8 cm³/mol. The van der Waals surface area contributed by atoms with Crippen molar-refractivity contribution in [3.05, 3.63) is 65.2 Å². The van der Waals surface area contributed by atoms with E-state index in [0.29, 0.717) is 16.0 Å². The van der Waals surface area contributed by atoms with E-state index in [4.69, 9.17) is 20.9 Å². The first-order valence-corrected chi connectivity index (χ1v) is 8.27. The third-order valence-electron chi connectivity index (χ3n) is 2.97. The Morgan fingerprint density at radius 2 is 1.86 bits per heavy atom.